The molecule has 0 aliphatic heterocycles. The number of aromatic nitrogens is 4. The van der Waals surface area contributed by atoms with Crippen molar-refractivity contribution in [1.82, 2.24) is 20.6 Å². The molecular weight excluding hydrogens is 382 g/mol. The number of nitrogens with zero attached hydrogens (tertiary/aromatic N) is 3. The Labute approximate surface area is 146 Å². The number of aromatic amines is 1. The van der Waals surface area contributed by atoms with Crippen LogP contribution < -0.4 is 10.1 Å². The fourth-order valence-corrected chi connectivity index (χ4v) is 2.65. The molecule has 0 saturated carbocycles. The first-order valence-electron chi connectivity index (χ1n) is 6.84. The maximum Gasteiger partial charge on any atom is 0.263 e. The number of tetrazole rings is 1. The summed E-state index contributed by atoms with van der Waals surface area (Å²) in [6.07, 6.45) is 0. The molecule has 2 aromatic carbocycles. The van der Waals surface area contributed by atoms with E-state index in [9.17, 15) is 0 Å². The van der Waals surface area contributed by atoms with Crippen LogP contribution in [0.3, 0.4) is 0 Å². The Hall–Kier alpha value is -2.12. The minimum atomic E-state index is 0.436. The van der Waals surface area contributed by atoms with Gasteiger partial charge in [-0.05, 0) is 41.1 Å². The summed E-state index contributed by atoms with van der Waals surface area (Å²) in [6, 6.07) is 13.4. The normalized spacial score (nSPS) is 10.5. The highest BCUT2D eigenvalue weighted by molar-refractivity contribution is 9.10. The van der Waals surface area contributed by atoms with Gasteiger partial charge in [-0.25, -0.2) is 0 Å². The van der Waals surface area contributed by atoms with Crippen LogP contribution >= 0.6 is 27.5 Å². The molecule has 1 heterocycles. The minimum Gasteiger partial charge on any atom is -0.489 e. The molecule has 1 aromatic heterocycles. The van der Waals surface area contributed by atoms with Crippen molar-refractivity contribution >= 4 is 33.5 Å². The number of hydrogen-bond donors (Lipinski definition) is 2. The number of benzene rings is 2. The Morgan fingerprint density at radius 3 is 2.91 bits per heavy atom. The molecule has 6 nitrogen and oxygen atoms in total. The smallest absolute Gasteiger partial charge is 0.263 e. The Balaban J connectivity index is 1.70. The summed E-state index contributed by atoms with van der Waals surface area (Å²) in [5.41, 5.74) is 1.99. The van der Waals surface area contributed by atoms with Crippen LogP contribution in [-0.4, -0.2) is 20.6 Å². The summed E-state index contributed by atoms with van der Waals surface area (Å²) in [5, 5.41) is 17.4. The van der Waals surface area contributed by atoms with Gasteiger partial charge in [0.1, 0.15) is 12.4 Å². The zero-order chi connectivity index (χ0) is 16.1. The molecule has 0 fully saturated rings. The van der Waals surface area contributed by atoms with Crippen LogP contribution in [0.4, 0.5) is 5.95 Å². The summed E-state index contributed by atoms with van der Waals surface area (Å²) in [4.78, 5) is 0. The molecule has 0 aliphatic rings. The van der Waals surface area contributed by atoms with Gasteiger partial charge in [-0.3, -0.25) is 0 Å². The number of halogens is 2. The Morgan fingerprint density at radius 2 is 2.13 bits per heavy atom. The summed E-state index contributed by atoms with van der Waals surface area (Å²) in [7, 11) is 0. The number of rotatable bonds is 6. The first-order chi connectivity index (χ1) is 11.2. The van der Waals surface area contributed by atoms with E-state index in [1.165, 1.54) is 0 Å². The van der Waals surface area contributed by atoms with E-state index < -0.39 is 0 Å². The predicted molar refractivity (Wildman–Crippen MR) is 91.4 cm³/mol. The van der Waals surface area contributed by atoms with Gasteiger partial charge < -0.3 is 10.1 Å². The SMILES string of the molecule is Clc1cccc(COc2ccc(Br)cc2CNc2nn[nH]n2)c1. The number of nitrogens with one attached hydrogen (secondary N) is 2. The third-order valence-electron chi connectivity index (χ3n) is 3.09. The minimum absolute atomic E-state index is 0.436. The average molecular weight is 395 g/mol. The quantitative estimate of drug-likeness (QED) is 0.665. The van der Waals surface area contributed by atoms with E-state index in [-0.39, 0.29) is 0 Å². The number of anilines is 1. The molecule has 0 amide bonds. The second-order valence-electron chi connectivity index (χ2n) is 4.76. The second-order valence-corrected chi connectivity index (χ2v) is 6.11. The summed E-state index contributed by atoms with van der Waals surface area (Å²) < 4.78 is 6.89. The molecule has 0 saturated heterocycles. The van der Waals surface area contributed by atoms with Crippen LogP contribution in [0.1, 0.15) is 11.1 Å². The van der Waals surface area contributed by atoms with E-state index in [2.05, 4.69) is 41.9 Å². The van der Waals surface area contributed by atoms with E-state index in [0.717, 1.165) is 21.3 Å². The lowest BCUT2D eigenvalue weighted by molar-refractivity contribution is 0.303. The molecule has 0 unspecified atom stereocenters. The highest BCUT2D eigenvalue weighted by Crippen LogP contribution is 2.25. The van der Waals surface area contributed by atoms with Gasteiger partial charge in [-0.15, -0.1) is 5.10 Å². The highest BCUT2D eigenvalue weighted by atomic mass is 79.9. The monoisotopic (exact) mass is 393 g/mol. The maximum atomic E-state index is 5.99. The van der Waals surface area contributed by atoms with Crippen LogP contribution in [0.5, 0.6) is 5.75 Å². The van der Waals surface area contributed by atoms with Gasteiger partial charge in [-0.1, -0.05) is 44.8 Å². The molecule has 0 aliphatic carbocycles. The molecular formula is C15H13BrClN5O. The zero-order valence-corrected chi connectivity index (χ0v) is 14.3. The molecule has 8 heteroatoms. The van der Waals surface area contributed by atoms with Gasteiger partial charge in [0.05, 0.1) is 0 Å². The fraction of sp³-hybridized carbons (Fsp3) is 0.133. The van der Waals surface area contributed by atoms with E-state index in [1.807, 2.05) is 42.5 Å². The molecule has 2 N–H and O–H groups in total. The van der Waals surface area contributed by atoms with Crippen LogP contribution in [-0.2, 0) is 13.2 Å². The Morgan fingerprint density at radius 1 is 1.22 bits per heavy atom. The van der Waals surface area contributed by atoms with Crippen molar-refractivity contribution in [3.05, 3.63) is 63.1 Å². The van der Waals surface area contributed by atoms with Gasteiger partial charge in [0.25, 0.3) is 5.95 Å². The van der Waals surface area contributed by atoms with Crippen LogP contribution in [0.25, 0.3) is 0 Å². The third kappa shape index (κ3) is 4.43. The van der Waals surface area contributed by atoms with E-state index in [1.54, 1.807) is 0 Å². The molecule has 3 aromatic rings. The standard InChI is InChI=1S/C15H13BrClN5O/c16-12-4-5-14(23-9-10-2-1-3-13(17)6-10)11(7-12)8-18-15-19-21-22-20-15/h1-7H,8-9H2,(H2,18,19,20,21,22). The van der Waals surface area contributed by atoms with Crippen LogP contribution in [0.2, 0.25) is 5.02 Å². The largest absolute Gasteiger partial charge is 0.489 e. The molecule has 0 spiro atoms. The lowest BCUT2D eigenvalue weighted by atomic mass is 10.2. The summed E-state index contributed by atoms with van der Waals surface area (Å²) in [6.45, 7) is 0.960. The zero-order valence-electron chi connectivity index (χ0n) is 12.0. The molecule has 0 bridgehead atoms. The first-order valence-corrected chi connectivity index (χ1v) is 8.01. The number of H-pyrrole nitrogens is 1. The summed E-state index contributed by atoms with van der Waals surface area (Å²) in [5.74, 6) is 1.22. The highest BCUT2D eigenvalue weighted by Gasteiger charge is 2.07. The van der Waals surface area contributed by atoms with Crippen molar-refractivity contribution in [3.8, 4) is 5.75 Å². The van der Waals surface area contributed by atoms with Crippen molar-refractivity contribution in [3.63, 3.8) is 0 Å². The first kappa shape index (κ1) is 15.8. The van der Waals surface area contributed by atoms with Gasteiger partial charge in [0.2, 0.25) is 0 Å². The summed E-state index contributed by atoms with van der Waals surface area (Å²) >= 11 is 9.46. The maximum absolute atomic E-state index is 5.99. The number of ether oxygens (including phenoxy) is 1. The topological polar surface area (TPSA) is 75.7 Å². The van der Waals surface area contributed by atoms with Crippen molar-refractivity contribution in [2.75, 3.05) is 5.32 Å². The van der Waals surface area contributed by atoms with Gasteiger partial charge in [0, 0.05) is 21.6 Å². The molecule has 0 atom stereocenters. The van der Waals surface area contributed by atoms with Crippen molar-refractivity contribution in [2.24, 2.45) is 0 Å². The molecule has 118 valence electrons. The average Bonchev–Trinajstić information content (AvgIpc) is 3.05. The van der Waals surface area contributed by atoms with Crippen LogP contribution in [0.15, 0.2) is 46.9 Å². The molecule has 3 rings (SSSR count). The van der Waals surface area contributed by atoms with E-state index in [0.29, 0.717) is 24.1 Å². The molecule has 0 radical (unpaired) electrons. The predicted octanol–water partition coefficient (Wildman–Crippen LogP) is 3.81. The van der Waals surface area contributed by atoms with Crippen molar-refractivity contribution in [2.45, 2.75) is 13.2 Å². The fourth-order valence-electron chi connectivity index (χ4n) is 2.03. The van der Waals surface area contributed by atoms with Gasteiger partial charge >= 0.3 is 0 Å². The van der Waals surface area contributed by atoms with Crippen molar-refractivity contribution < 1.29 is 4.74 Å². The van der Waals surface area contributed by atoms with Crippen LogP contribution in [0, 0.1) is 0 Å². The van der Waals surface area contributed by atoms with Crippen molar-refractivity contribution in [1.29, 1.82) is 0 Å². The Kier molecular flexibility index (Phi) is 5.09. The lowest BCUT2D eigenvalue weighted by Gasteiger charge is -2.12. The lowest BCUT2D eigenvalue weighted by Crippen LogP contribution is -2.05. The van der Waals surface area contributed by atoms with E-state index in [4.69, 9.17) is 16.3 Å². The molecule has 23 heavy (non-hydrogen) atoms. The number of hydrogen-bond acceptors (Lipinski definition) is 5. The second kappa shape index (κ2) is 7.43. The third-order valence-corrected chi connectivity index (χ3v) is 3.82. The van der Waals surface area contributed by atoms with Gasteiger partial charge in [-0.2, -0.15) is 5.21 Å². The van der Waals surface area contributed by atoms with Gasteiger partial charge in [0.15, 0.2) is 0 Å². The Bertz CT molecular complexity index is 781. The van der Waals surface area contributed by atoms with E-state index >= 15 is 0 Å².